The maximum atomic E-state index is 12.4. The first-order valence-corrected chi connectivity index (χ1v) is 8.66. The van der Waals surface area contributed by atoms with Crippen molar-refractivity contribution in [2.45, 2.75) is 65.9 Å². The SMILES string of the molecule is CC1CC(C)CC(C2CN(C(=O)OC(C)(C)C)CCC2=O)C1. The van der Waals surface area contributed by atoms with Crippen LogP contribution in [0.5, 0.6) is 0 Å². The number of rotatable bonds is 1. The van der Waals surface area contributed by atoms with Gasteiger partial charge >= 0.3 is 6.09 Å². The van der Waals surface area contributed by atoms with E-state index in [1.165, 1.54) is 6.42 Å². The molecule has 1 aliphatic carbocycles. The predicted molar refractivity (Wildman–Crippen MR) is 86.6 cm³/mol. The molecule has 0 bridgehead atoms. The summed E-state index contributed by atoms with van der Waals surface area (Å²) in [4.78, 5) is 26.4. The monoisotopic (exact) mass is 309 g/mol. The van der Waals surface area contributed by atoms with Crippen LogP contribution in [0.15, 0.2) is 0 Å². The van der Waals surface area contributed by atoms with Gasteiger partial charge in [0.2, 0.25) is 0 Å². The summed E-state index contributed by atoms with van der Waals surface area (Å²) in [7, 11) is 0. The van der Waals surface area contributed by atoms with Crippen molar-refractivity contribution in [3.8, 4) is 0 Å². The van der Waals surface area contributed by atoms with Crippen LogP contribution in [0.2, 0.25) is 0 Å². The number of carbonyl (C=O) groups excluding carboxylic acids is 2. The van der Waals surface area contributed by atoms with Crippen LogP contribution in [0.3, 0.4) is 0 Å². The third kappa shape index (κ3) is 4.47. The summed E-state index contributed by atoms with van der Waals surface area (Å²) in [6.07, 6.45) is 3.68. The van der Waals surface area contributed by atoms with Gasteiger partial charge in [0.15, 0.2) is 0 Å². The summed E-state index contributed by atoms with van der Waals surface area (Å²) >= 11 is 0. The summed E-state index contributed by atoms with van der Waals surface area (Å²) in [5.74, 6) is 2.13. The van der Waals surface area contributed by atoms with Gasteiger partial charge in [0.05, 0.1) is 0 Å². The predicted octanol–water partition coefficient (Wildman–Crippen LogP) is 3.88. The van der Waals surface area contributed by atoms with Gasteiger partial charge in [-0.1, -0.05) is 13.8 Å². The lowest BCUT2D eigenvalue weighted by atomic mass is 9.69. The quantitative estimate of drug-likeness (QED) is 0.738. The Kier molecular flexibility index (Phi) is 5.18. The van der Waals surface area contributed by atoms with Crippen molar-refractivity contribution >= 4 is 11.9 Å². The Labute approximate surface area is 134 Å². The minimum absolute atomic E-state index is 0.00599. The number of likely N-dealkylation sites (tertiary alicyclic amines) is 1. The van der Waals surface area contributed by atoms with E-state index in [2.05, 4.69) is 13.8 Å². The largest absolute Gasteiger partial charge is 0.444 e. The maximum absolute atomic E-state index is 12.4. The summed E-state index contributed by atoms with van der Waals surface area (Å²) in [6, 6.07) is 0. The van der Waals surface area contributed by atoms with Crippen molar-refractivity contribution in [1.82, 2.24) is 4.90 Å². The number of hydrogen-bond donors (Lipinski definition) is 0. The zero-order valence-electron chi connectivity index (χ0n) is 14.7. The molecule has 0 aromatic rings. The second kappa shape index (κ2) is 6.59. The van der Waals surface area contributed by atoms with Crippen molar-refractivity contribution in [2.75, 3.05) is 13.1 Å². The standard InChI is InChI=1S/C18H31NO3/c1-12-8-13(2)10-14(9-12)15-11-19(7-6-16(15)20)17(21)22-18(3,4)5/h12-15H,6-11H2,1-5H3. The Morgan fingerprint density at radius 1 is 1.14 bits per heavy atom. The van der Waals surface area contributed by atoms with Gasteiger partial charge in [-0.2, -0.15) is 0 Å². The Balaban J connectivity index is 2.02. The number of ether oxygens (including phenoxy) is 1. The molecule has 0 radical (unpaired) electrons. The summed E-state index contributed by atoms with van der Waals surface area (Å²) in [6.45, 7) is 11.2. The summed E-state index contributed by atoms with van der Waals surface area (Å²) in [5.41, 5.74) is -0.484. The first kappa shape index (κ1) is 17.3. The number of hydrogen-bond acceptors (Lipinski definition) is 3. The van der Waals surface area contributed by atoms with Crippen LogP contribution < -0.4 is 0 Å². The van der Waals surface area contributed by atoms with E-state index in [0.29, 0.717) is 43.0 Å². The topological polar surface area (TPSA) is 46.6 Å². The fourth-order valence-electron chi connectivity index (χ4n) is 4.10. The molecule has 4 nitrogen and oxygen atoms in total. The molecule has 1 aliphatic heterocycles. The Morgan fingerprint density at radius 3 is 2.27 bits per heavy atom. The van der Waals surface area contributed by atoms with Gasteiger partial charge in [-0.3, -0.25) is 4.79 Å². The van der Waals surface area contributed by atoms with Gasteiger partial charge in [-0.05, 0) is 57.8 Å². The van der Waals surface area contributed by atoms with E-state index in [1.807, 2.05) is 20.8 Å². The second-order valence-electron chi connectivity index (χ2n) is 8.43. The maximum Gasteiger partial charge on any atom is 0.410 e. The Bertz CT molecular complexity index is 417. The van der Waals surface area contributed by atoms with Crippen molar-refractivity contribution < 1.29 is 14.3 Å². The van der Waals surface area contributed by atoms with E-state index in [9.17, 15) is 9.59 Å². The van der Waals surface area contributed by atoms with Crippen molar-refractivity contribution in [3.05, 3.63) is 0 Å². The molecule has 3 atom stereocenters. The average Bonchev–Trinajstić information content (AvgIpc) is 2.35. The van der Waals surface area contributed by atoms with Crippen LogP contribution in [0.1, 0.15) is 60.3 Å². The van der Waals surface area contributed by atoms with Gasteiger partial charge in [-0.25, -0.2) is 4.79 Å². The van der Waals surface area contributed by atoms with E-state index in [1.54, 1.807) is 4.90 Å². The van der Waals surface area contributed by atoms with Crippen LogP contribution in [-0.4, -0.2) is 35.5 Å². The molecule has 0 N–H and O–H groups in total. The smallest absolute Gasteiger partial charge is 0.410 e. The lowest BCUT2D eigenvalue weighted by Crippen LogP contribution is -2.49. The van der Waals surface area contributed by atoms with E-state index in [0.717, 1.165) is 12.8 Å². The highest BCUT2D eigenvalue weighted by Gasteiger charge is 2.39. The number of carbonyl (C=O) groups is 2. The number of amides is 1. The third-order valence-electron chi connectivity index (χ3n) is 4.89. The Hall–Kier alpha value is -1.06. The first-order chi connectivity index (χ1) is 10.2. The molecule has 3 unspecified atom stereocenters. The minimum atomic E-state index is -0.484. The average molecular weight is 309 g/mol. The molecule has 2 fully saturated rings. The molecule has 0 aromatic heterocycles. The van der Waals surface area contributed by atoms with E-state index in [-0.39, 0.29) is 12.0 Å². The molecule has 1 saturated carbocycles. The first-order valence-electron chi connectivity index (χ1n) is 8.66. The number of nitrogens with zero attached hydrogens (tertiary/aromatic N) is 1. The molecule has 0 aromatic carbocycles. The second-order valence-corrected chi connectivity index (χ2v) is 8.43. The van der Waals surface area contributed by atoms with Crippen LogP contribution in [0.25, 0.3) is 0 Å². The zero-order chi connectivity index (χ0) is 16.5. The van der Waals surface area contributed by atoms with Crippen molar-refractivity contribution in [1.29, 1.82) is 0 Å². The molecule has 0 spiro atoms. The van der Waals surface area contributed by atoms with E-state index >= 15 is 0 Å². The van der Waals surface area contributed by atoms with Crippen LogP contribution in [-0.2, 0) is 9.53 Å². The third-order valence-corrected chi connectivity index (χ3v) is 4.89. The van der Waals surface area contributed by atoms with E-state index < -0.39 is 5.60 Å². The molecule has 126 valence electrons. The van der Waals surface area contributed by atoms with Crippen LogP contribution in [0, 0.1) is 23.7 Å². The summed E-state index contributed by atoms with van der Waals surface area (Å²) < 4.78 is 5.47. The normalized spacial score (nSPS) is 33.7. The zero-order valence-corrected chi connectivity index (χ0v) is 14.7. The fourth-order valence-corrected chi connectivity index (χ4v) is 4.10. The van der Waals surface area contributed by atoms with Gasteiger partial charge in [-0.15, -0.1) is 0 Å². The highest BCUT2D eigenvalue weighted by Crippen LogP contribution is 2.39. The molecule has 22 heavy (non-hydrogen) atoms. The van der Waals surface area contributed by atoms with Crippen molar-refractivity contribution in [2.24, 2.45) is 23.7 Å². The Morgan fingerprint density at radius 2 is 1.73 bits per heavy atom. The molecule has 2 aliphatic rings. The summed E-state index contributed by atoms with van der Waals surface area (Å²) in [5, 5.41) is 0. The fraction of sp³-hybridized carbons (Fsp3) is 0.889. The minimum Gasteiger partial charge on any atom is -0.444 e. The molecule has 1 heterocycles. The lowest BCUT2D eigenvalue weighted by Gasteiger charge is -2.40. The van der Waals surface area contributed by atoms with Gasteiger partial charge in [0.25, 0.3) is 0 Å². The van der Waals surface area contributed by atoms with E-state index in [4.69, 9.17) is 4.74 Å². The molecule has 2 rings (SSSR count). The highest BCUT2D eigenvalue weighted by molar-refractivity contribution is 5.84. The number of Topliss-reactive ketones (excluding diaryl/α,β-unsaturated/α-hetero) is 1. The molecular weight excluding hydrogens is 278 g/mol. The number of ketones is 1. The molecule has 1 amide bonds. The lowest BCUT2D eigenvalue weighted by molar-refractivity contribution is -0.129. The number of piperidine rings is 1. The van der Waals surface area contributed by atoms with Gasteiger partial charge in [0.1, 0.15) is 11.4 Å². The molecule has 4 heteroatoms. The van der Waals surface area contributed by atoms with Crippen LogP contribution in [0.4, 0.5) is 4.79 Å². The highest BCUT2D eigenvalue weighted by atomic mass is 16.6. The van der Waals surface area contributed by atoms with Gasteiger partial charge < -0.3 is 9.64 Å². The molecular formula is C18H31NO3. The van der Waals surface area contributed by atoms with Crippen molar-refractivity contribution in [3.63, 3.8) is 0 Å². The van der Waals surface area contributed by atoms with Gasteiger partial charge in [0, 0.05) is 25.4 Å². The molecule has 1 saturated heterocycles. The van der Waals surface area contributed by atoms with Crippen LogP contribution >= 0.6 is 0 Å².